The smallest absolute Gasteiger partial charge is 0.417 e. The molecule has 4 aromatic carbocycles. The molecule has 1 aromatic heterocycles. The van der Waals surface area contributed by atoms with Gasteiger partial charge >= 0.3 is 6.18 Å². The molecular formula is C54H58F3N7O7S2. The minimum Gasteiger partial charge on any atom is -0.493 e. The molecule has 0 radical (unpaired) electrons. The number of carbonyl (C=O) groups is 4. The maximum absolute atomic E-state index is 14.1. The van der Waals surface area contributed by atoms with Gasteiger partial charge < -0.3 is 35.0 Å². The van der Waals surface area contributed by atoms with Crippen molar-refractivity contribution < 1.29 is 46.9 Å². The first-order valence-electron chi connectivity index (χ1n) is 23.8. The number of aliphatic hydroxyl groups excluding tert-OH is 1. The van der Waals surface area contributed by atoms with Crippen LogP contribution in [-0.4, -0.2) is 93.8 Å². The molecule has 1 unspecified atom stereocenters. The highest BCUT2D eigenvalue weighted by Gasteiger charge is 2.51. The molecule has 2 saturated heterocycles. The summed E-state index contributed by atoms with van der Waals surface area (Å²) in [5.41, 5.74) is 3.23. The minimum atomic E-state index is -4.81. The zero-order valence-electron chi connectivity index (χ0n) is 41.6. The van der Waals surface area contributed by atoms with Gasteiger partial charge in [-0.2, -0.15) is 18.4 Å². The minimum absolute atomic E-state index is 0.00902. The number of rotatable bonds is 17. The number of aryl methyl sites for hydroxylation is 1. The Bertz CT molecular complexity index is 2880. The molecule has 0 bridgehead atoms. The van der Waals surface area contributed by atoms with Crippen molar-refractivity contribution in [3.8, 4) is 33.4 Å². The van der Waals surface area contributed by atoms with Crippen LogP contribution >= 0.6 is 23.6 Å². The summed E-state index contributed by atoms with van der Waals surface area (Å²) < 4.78 is 52.7. The number of amides is 4. The first kappa shape index (κ1) is 54.1. The number of ether oxygens (including phenoxy) is 2. The van der Waals surface area contributed by atoms with Crippen molar-refractivity contribution in [2.45, 2.75) is 104 Å². The number of hydrogen-bond acceptors (Lipinski definition) is 11. The van der Waals surface area contributed by atoms with E-state index in [0.717, 1.165) is 49.9 Å². The molecule has 14 nitrogen and oxygen atoms in total. The van der Waals surface area contributed by atoms with Gasteiger partial charge in [0.1, 0.15) is 30.0 Å². The monoisotopic (exact) mass is 1040 g/mol. The van der Waals surface area contributed by atoms with Crippen LogP contribution in [0, 0.1) is 23.7 Å². The number of hydrogen-bond donors (Lipinski definition) is 3. The highest BCUT2D eigenvalue weighted by molar-refractivity contribution is 7.81. The van der Waals surface area contributed by atoms with Crippen LogP contribution in [0.5, 0.6) is 5.75 Å². The largest absolute Gasteiger partial charge is 0.493 e. The summed E-state index contributed by atoms with van der Waals surface area (Å²) in [5, 5.41) is 25.8. The van der Waals surface area contributed by atoms with E-state index < -0.39 is 64.9 Å². The van der Waals surface area contributed by atoms with Gasteiger partial charge in [-0.3, -0.25) is 24.1 Å². The summed E-state index contributed by atoms with van der Waals surface area (Å²) in [4.78, 5) is 64.1. The molecule has 2 fully saturated rings. The Morgan fingerprint density at radius 1 is 0.959 bits per heavy atom. The first-order valence-corrected chi connectivity index (χ1v) is 25.1. The number of benzene rings is 4. The predicted octanol–water partition coefficient (Wildman–Crippen LogP) is 9.14. The number of aliphatic hydroxyl groups is 1. The Kier molecular flexibility index (Phi) is 16.4. The molecule has 73 heavy (non-hydrogen) atoms. The number of aromatic nitrogens is 1. The lowest BCUT2D eigenvalue weighted by molar-refractivity contribution is -0.144. The third kappa shape index (κ3) is 12.2. The first-order chi connectivity index (χ1) is 34.5. The van der Waals surface area contributed by atoms with Crippen LogP contribution in [0.2, 0.25) is 0 Å². The molecule has 4 amide bonds. The van der Waals surface area contributed by atoms with E-state index in [2.05, 4.69) is 15.6 Å². The maximum atomic E-state index is 14.1. The fraction of sp³-hybridized carbons (Fsp3) is 0.389. The normalized spacial score (nSPS) is 17.0. The highest BCUT2D eigenvalue weighted by Crippen LogP contribution is 2.40. The maximum Gasteiger partial charge on any atom is 0.417 e. The number of carbonyl (C=O) groups excluding carboxylic acids is 4. The second kappa shape index (κ2) is 22.2. The van der Waals surface area contributed by atoms with Gasteiger partial charge in [-0.1, -0.05) is 69.3 Å². The van der Waals surface area contributed by atoms with Gasteiger partial charge in [0.2, 0.25) is 17.7 Å². The summed E-state index contributed by atoms with van der Waals surface area (Å²) in [6.07, 6.45) is -4.42. The van der Waals surface area contributed by atoms with Crippen LogP contribution in [0.1, 0.15) is 89.2 Å². The second-order valence-electron chi connectivity index (χ2n) is 19.7. The van der Waals surface area contributed by atoms with Crippen LogP contribution in [0.25, 0.3) is 21.6 Å². The number of nitriles is 1. The van der Waals surface area contributed by atoms with Crippen LogP contribution in [0.4, 0.5) is 24.5 Å². The fourth-order valence-corrected chi connectivity index (χ4v) is 10.2. The van der Waals surface area contributed by atoms with Gasteiger partial charge in [-0.15, -0.1) is 11.3 Å². The van der Waals surface area contributed by atoms with E-state index in [0.29, 0.717) is 30.8 Å². The molecule has 2 aliphatic rings. The molecule has 0 spiro atoms. The lowest BCUT2D eigenvalue weighted by Gasteiger charge is -2.35. The van der Waals surface area contributed by atoms with E-state index in [4.69, 9.17) is 21.7 Å². The number of thiazole rings is 1. The van der Waals surface area contributed by atoms with Crippen LogP contribution in [-0.2, 0) is 30.1 Å². The zero-order chi connectivity index (χ0) is 53.0. The van der Waals surface area contributed by atoms with E-state index in [1.807, 2.05) is 88.7 Å². The van der Waals surface area contributed by atoms with Crippen molar-refractivity contribution in [2.24, 2.45) is 5.41 Å². The number of alkyl halides is 3. The molecule has 2 aliphatic heterocycles. The number of nitrogens with zero attached hydrogens (tertiary/aromatic N) is 5. The van der Waals surface area contributed by atoms with Crippen LogP contribution in [0.15, 0.2) is 96.5 Å². The molecule has 5 aromatic rings. The van der Waals surface area contributed by atoms with Crippen molar-refractivity contribution >= 4 is 63.7 Å². The summed E-state index contributed by atoms with van der Waals surface area (Å²) in [7, 11) is 0. The van der Waals surface area contributed by atoms with E-state index in [1.165, 1.54) is 6.07 Å². The Morgan fingerprint density at radius 3 is 2.19 bits per heavy atom. The topological polar surface area (TPSA) is 177 Å². The number of nitrogens with one attached hydrogen (secondary N) is 2. The number of anilines is 2. The quantitative estimate of drug-likeness (QED) is 0.0757. The van der Waals surface area contributed by atoms with Gasteiger partial charge in [0.25, 0.3) is 5.91 Å². The summed E-state index contributed by atoms with van der Waals surface area (Å²) >= 11 is 7.24. The summed E-state index contributed by atoms with van der Waals surface area (Å²) in [6, 6.07) is 25.1. The summed E-state index contributed by atoms with van der Waals surface area (Å²) in [5.74, 6) is -1.12. The predicted molar refractivity (Wildman–Crippen MR) is 277 cm³/mol. The fourth-order valence-electron chi connectivity index (χ4n) is 8.91. The van der Waals surface area contributed by atoms with E-state index in [1.54, 1.807) is 65.3 Å². The molecule has 384 valence electrons. The second-order valence-corrected chi connectivity index (χ2v) is 20.9. The lowest BCUT2D eigenvalue weighted by Crippen LogP contribution is -2.58. The van der Waals surface area contributed by atoms with Crippen LogP contribution < -0.4 is 25.2 Å². The van der Waals surface area contributed by atoms with Gasteiger partial charge in [-0.25, -0.2) is 4.98 Å². The summed E-state index contributed by atoms with van der Waals surface area (Å²) in [6.45, 7) is 12.6. The van der Waals surface area contributed by atoms with Gasteiger partial charge in [-0.05, 0) is 123 Å². The average Bonchev–Trinajstić information content (AvgIpc) is 4.06. The Morgan fingerprint density at radius 2 is 1.59 bits per heavy atom. The zero-order valence-corrected chi connectivity index (χ0v) is 43.2. The molecule has 3 heterocycles. The van der Waals surface area contributed by atoms with Gasteiger partial charge in [0.05, 0.1) is 64.3 Å². The van der Waals surface area contributed by atoms with Crippen molar-refractivity contribution in [3.05, 3.63) is 119 Å². The molecule has 4 atom stereocenters. The Hall–Kier alpha value is -6.72. The standard InChI is InChI=1S/C54H58F3N7O7S2/c1-32(34-10-12-37(13-11-34)46-33(2)59-31-73-46)60-48(67)44-9-8-25-62(44)49(68)47(52(3,4)5)61-45(66)30-70-29-41(65)24-26-71-42-22-17-36(18-23-42)35-14-19-39(20-15-35)64-51(72)63(50(69)53(64,6)7)40-21-16-38(28-58)43(27-40)54(55,56)57/h10-23,27,31-32,41,44,47,65H,8-9,24-26,29-30H2,1-7H3,(H,60,67)(H,61,66)/t32-,41-,44-,47?/m0/s1. The Balaban J connectivity index is 0.854. The molecule has 0 saturated carbocycles. The average molecular weight is 1040 g/mol. The van der Waals surface area contributed by atoms with E-state index in [9.17, 15) is 42.7 Å². The molecule has 3 N–H and O–H groups in total. The highest BCUT2D eigenvalue weighted by atomic mass is 32.1. The number of halogens is 3. The van der Waals surface area contributed by atoms with Crippen molar-refractivity contribution in [3.63, 3.8) is 0 Å². The number of thiocarbonyl (C=S) groups is 1. The van der Waals surface area contributed by atoms with E-state index >= 15 is 0 Å². The van der Waals surface area contributed by atoms with Crippen molar-refractivity contribution in [2.75, 3.05) is 36.2 Å². The van der Waals surface area contributed by atoms with Gasteiger partial charge in [0.15, 0.2) is 5.11 Å². The molecular weight excluding hydrogens is 980 g/mol. The van der Waals surface area contributed by atoms with Crippen LogP contribution in [0.3, 0.4) is 0 Å². The van der Waals surface area contributed by atoms with Crippen molar-refractivity contribution in [1.82, 2.24) is 20.5 Å². The third-order valence-corrected chi connectivity index (χ3v) is 14.3. The van der Waals surface area contributed by atoms with Crippen molar-refractivity contribution in [1.29, 1.82) is 5.26 Å². The lowest BCUT2D eigenvalue weighted by atomic mass is 9.85. The number of likely N-dealkylation sites (tertiary alicyclic amines) is 1. The Labute approximate surface area is 432 Å². The molecule has 7 rings (SSSR count). The van der Waals surface area contributed by atoms with Gasteiger partial charge in [0, 0.05) is 18.7 Å². The SMILES string of the molecule is Cc1ncsc1-c1ccc([C@H](C)NC(=O)[C@@H]2CCCN2C(=O)C(NC(=O)COC[C@@H](O)CCOc2ccc(-c3ccc(N4C(=S)N(c5ccc(C#N)c(C(F)(F)F)c5)C(=O)C4(C)C)cc3)cc2)C(C)(C)C)cc1. The van der Waals surface area contributed by atoms with E-state index in [-0.39, 0.29) is 48.3 Å². The molecule has 19 heteroatoms. The molecule has 0 aliphatic carbocycles. The third-order valence-electron chi connectivity index (χ3n) is 13.0.